The molecule has 2 heterocycles. The number of primary amides is 1. The molecule has 2 aliphatic rings. The highest BCUT2D eigenvalue weighted by molar-refractivity contribution is 6.33. The van der Waals surface area contributed by atoms with Crippen LogP contribution in [0.5, 0.6) is 0 Å². The zero-order valence-corrected chi connectivity index (χ0v) is 21.3. The Morgan fingerprint density at radius 3 is 2.57 bits per heavy atom. The smallest absolute Gasteiger partial charge is 0.227 e. The van der Waals surface area contributed by atoms with Gasteiger partial charge in [-0.3, -0.25) is 9.36 Å². The van der Waals surface area contributed by atoms with Crippen LogP contribution in [0.2, 0.25) is 5.02 Å². The third-order valence-electron chi connectivity index (χ3n) is 7.63. The normalized spacial score (nSPS) is 24.2. The lowest BCUT2D eigenvalue weighted by Crippen LogP contribution is -2.44. The first-order chi connectivity index (χ1) is 17.7. The van der Waals surface area contributed by atoms with Gasteiger partial charge in [0.25, 0.3) is 0 Å². The standard InChI is InChI=1S/C25H30ClF2N7O2/c1-34(19-4-2-3-5-20(19)36)24-30-12-18-23(33-24)35(15-8-6-13(7-9-15)22(29)37)25(31-18)32-21-16(26)10-14(27)11-17(21)28/h10-13,15,19-20,36H,2-9H2,1H3,(H2,29,37)(H,31,32)/t13-,15-,19-,20-/m0/s1. The van der Waals surface area contributed by atoms with Gasteiger partial charge >= 0.3 is 0 Å². The Hall–Kier alpha value is -3.05. The molecule has 2 saturated carbocycles. The van der Waals surface area contributed by atoms with Crippen molar-refractivity contribution in [2.75, 3.05) is 17.3 Å². The maximum Gasteiger partial charge on any atom is 0.227 e. The van der Waals surface area contributed by atoms with Crippen LogP contribution in [0.1, 0.15) is 57.4 Å². The van der Waals surface area contributed by atoms with Crippen molar-refractivity contribution in [3.05, 3.63) is 35.0 Å². The van der Waals surface area contributed by atoms with Crippen molar-refractivity contribution in [3.8, 4) is 0 Å². The number of hydrogen-bond acceptors (Lipinski definition) is 7. The zero-order valence-electron chi connectivity index (χ0n) is 20.5. The number of fused-ring (bicyclic) bond motifs is 1. The maximum absolute atomic E-state index is 14.6. The van der Waals surface area contributed by atoms with E-state index in [1.165, 1.54) is 0 Å². The third-order valence-corrected chi connectivity index (χ3v) is 7.93. The van der Waals surface area contributed by atoms with Gasteiger partial charge in [-0.25, -0.2) is 18.7 Å². The number of rotatable bonds is 6. The summed E-state index contributed by atoms with van der Waals surface area (Å²) >= 11 is 6.15. The quantitative estimate of drug-likeness (QED) is 0.427. The molecule has 9 nitrogen and oxygen atoms in total. The second kappa shape index (κ2) is 10.4. The summed E-state index contributed by atoms with van der Waals surface area (Å²) < 4.78 is 30.2. The summed E-state index contributed by atoms with van der Waals surface area (Å²) in [6.45, 7) is 0. The summed E-state index contributed by atoms with van der Waals surface area (Å²) in [6.07, 6.45) is 7.22. The van der Waals surface area contributed by atoms with Gasteiger partial charge in [0.1, 0.15) is 11.3 Å². The van der Waals surface area contributed by atoms with Crippen molar-refractivity contribution in [1.29, 1.82) is 0 Å². The molecule has 2 atom stereocenters. The second-order valence-corrected chi connectivity index (χ2v) is 10.4. The molecule has 1 amide bonds. The van der Waals surface area contributed by atoms with Crippen LogP contribution in [-0.4, -0.2) is 49.7 Å². The van der Waals surface area contributed by atoms with E-state index < -0.39 is 17.7 Å². The van der Waals surface area contributed by atoms with Crippen molar-refractivity contribution in [2.24, 2.45) is 11.7 Å². The molecule has 4 N–H and O–H groups in total. The number of likely N-dealkylation sites (N-methyl/N-ethyl adjacent to an activating group) is 1. The minimum Gasteiger partial charge on any atom is -0.391 e. The number of nitrogens with zero attached hydrogens (tertiary/aromatic N) is 5. The minimum absolute atomic E-state index is 0.0962. The van der Waals surface area contributed by atoms with E-state index in [2.05, 4.69) is 15.3 Å². The fourth-order valence-corrected chi connectivity index (χ4v) is 5.81. The topological polar surface area (TPSA) is 122 Å². The monoisotopic (exact) mass is 533 g/mol. The number of hydrogen-bond donors (Lipinski definition) is 3. The fraction of sp³-hybridized carbons (Fsp3) is 0.520. The van der Waals surface area contributed by atoms with Gasteiger partial charge in [0.05, 0.1) is 29.1 Å². The molecule has 0 bridgehead atoms. The number of nitrogens with two attached hydrogens (primary N) is 1. The molecule has 2 fully saturated rings. The van der Waals surface area contributed by atoms with Crippen molar-refractivity contribution >= 4 is 46.3 Å². The largest absolute Gasteiger partial charge is 0.391 e. The Labute approximate surface area is 218 Å². The van der Waals surface area contributed by atoms with Gasteiger partial charge in [-0.05, 0) is 44.6 Å². The molecule has 0 aliphatic heterocycles. The lowest BCUT2D eigenvalue weighted by molar-refractivity contribution is -0.122. The molecule has 3 aromatic rings. The molecule has 0 radical (unpaired) electrons. The maximum atomic E-state index is 14.6. The Bertz CT molecular complexity index is 1290. The van der Waals surface area contributed by atoms with Crippen LogP contribution >= 0.6 is 11.6 Å². The number of aliphatic hydroxyl groups excluding tert-OH is 1. The second-order valence-electron chi connectivity index (χ2n) is 9.99. The lowest BCUT2D eigenvalue weighted by Gasteiger charge is -2.35. The fourth-order valence-electron chi connectivity index (χ4n) is 5.57. The van der Waals surface area contributed by atoms with Crippen LogP contribution in [0, 0.1) is 17.6 Å². The number of anilines is 3. The van der Waals surface area contributed by atoms with Gasteiger partial charge in [0, 0.05) is 25.1 Å². The Morgan fingerprint density at radius 2 is 1.89 bits per heavy atom. The Balaban J connectivity index is 1.56. The summed E-state index contributed by atoms with van der Waals surface area (Å²) in [4.78, 5) is 27.6. The number of benzene rings is 1. The van der Waals surface area contributed by atoms with Crippen LogP contribution in [-0.2, 0) is 4.79 Å². The van der Waals surface area contributed by atoms with Gasteiger partial charge < -0.3 is 21.1 Å². The summed E-state index contributed by atoms with van der Waals surface area (Å²) in [5.41, 5.74) is 6.45. The number of nitrogens with one attached hydrogen (secondary N) is 1. The zero-order chi connectivity index (χ0) is 26.3. The van der Waals surface area contributed by atoms with Gasteiger partial charge in [-0.2, -0.15) is 4.98 Å². The van der Waals surface area contributed by atoms with E-state index in [4.69, 9.17) is 22.3 Å². The predicted octanol–water partition coefficient (Wildman–Crippen LogP) is 4.46. The van der Waals surface area contributed by atoms with E-state index in [0.29, 0.717) is 42.8 Å². The molecule has 0 unspecified atom stereocenters. The number of aromatic nitrogens is 4. The van der Waals surface area contributed by atoms with Crippen LogP contribution in [0.4, 0.5) is 26.4 Å². The average molecular weight is 534 g/mol. The van der Waals surface area contributed by atoms with E-state index >= 15 is 0 Å². The highest BCUT2D eigenvalue weighted by atomic mass is 35.5. The van der Waals surface area contributed by atoms with Gasteiger partial charge in [0.2, 0.25) is 17.8 Å². The number of amides is 1. The van der Waals surface area contributed by atoms with Gasteiger partial charge in [-0.15, -0.1) is 0 Å². The summed E-state index contributed by atoms with van der Waals surface area (Å²) in [5.74, 6) is -1.41. The van der Waals surface area contributed by atoms with Crippen molar-refractivity contribution in [2.45, 2.75) is 69.6 Å². The highest BCUT2D eigenvalue weighted by Gasteiger charge is 2.31. The SMILES string of the molecule is CN(c1ncc2nc(Nc3c(F)cc(F)cc3Cl)n([C@H]3CC[C@H](C(N)=O)CC3)c2n1)[C@H]1CCCC[C@@H]1O. The van der Waals surface area contributed by atoms with E-state index in [0.717, 1.165) is 37.8 Å². The highest BCUT2D eigenvalue weighted by Crippen LogP contribution is 2.38. The number of imidazole rings is 1. The van der Waals surface area contributed by atoms with E-state index in [1.807, 2.05) is 16.5 Å². The molecular formula is C25H30ClF2N7O2. The molecule has 2 aliphatic carbocycles. The van der Waals surface area contributed by atoms with Crippen LogP contribution in [0.15, 0.2) is 18.3 Å². The lowest BCUT2D eigenvalue weighted by atomic mass is 9.85. The van der Waals surface area contributed by atoms with Crippen LogP contribution < -0.4 is 16.0 Å². The molecule has 0 saturated heterocycles. The molecule has 12 heteroatoms. The first-order valence-electron chi connectivity index (χ1n) is 12.6. The predicted molar refractivity (Wildman–Crippen MR) is 137 cm³/mol. The molecule has 198 valence electrons. The first-order valence-corrected chi connectivity index (χ1v) is 13.0. The third kappa shape index (κ3) is 5.06. The molecule has 2 aromatic heterocycles. The Morgan fingerprint density at radius 1 is 1.16 bits per heavy atom. The molecule has 5 rings (SSSR count). The first kappa shape index (κ1) is 25.6. The molecule has 0 spiro atoms. The van der Waals surface area contributed by atoms with Crippen molar-refractivity contribution in [3.63, 3.8) is 0 Å². The van der Waals surface area contributed by atoms with Gasteiger partial charge in [0.15, 0.2) is 11.5 Å². The molecule has 1 aromatic carbocycles. The number of carbonyl (C=O) groups excluding carboxylic acids is 1. The van der Waals surface area contributed by atoms with E-state index in [9.17, 15) is 18.7 Å². The number of carbonyl (C=O) groups is 1. The van der Waals surface area contributed by atoms with Gasteiger partial charge in [-0.1, -0.05) is 24.4 Å². The minimum atomic E-state index is -0.848. The van der Waals surface area contributed by atoms with Crippen LogP contribution in [0.3, 0.4) is 0 Å². The van der Waals surface area contributed by atoms with E-state index in [1.54, 1.807) is 6.20 Å². The van der Waals surface area contributed by atoms with Crippen LogP contribution in [0.25, 0.3) is 11.2 Å². The molecule has 37 heavy (non-hydrogen) atoms. The number of aliphatic hydroxyl groups is 1. The summed E-state index contributed by atoms with van der Waals surface area (Å²) in [7, 11) is 1.87. The van der Waals surface area contributed by atoms with Crippen molar-refractivity contribution < 1.29 is 18.7 Å². The van der Waals surface area contributed by atoms with E-state index in [-0.39, 0.29) is 40.6 Å². The molecular weight excluding hydrogens is 504 g/mol. The Kier molecular flexibility index (Phi) is 7.17. The number of halogens is 3. The average Bonchev–Trinajstić information content (AvgIpc) is 3.23. The van der Waals surface area contributed by atoms with Crippen molar-refractivity contribution in [1.82, 2.24) is 19.5 Å². The summed E-state index contributed by atoms with van der Waals surface area (Å²) in [6, 6.07) is 1.58. The summed E-state index contributed by atoms with van der Waals surface area (Å²) in [5, 5.41) is 13.4.